The highest BCUT2D eigenvalue weighted by molar-refractivity contribution is 5.96. The van der Waals surface area contributed by atoms with Gasteiger partial charge in [0.15, 0.2) is 11.5 Å². The molecule has 0 bridgehead atoms. The molecule has 1 aromatic carbocycles. The van der Waals surface area contributed by atoms with E-state index >= 15 is 0 Å². The second-order valence-electron chi connectivity index (χ2n) is 4.04. The quantitative estimate of drug-likeness (QED) is 0.880. The molecule has 2 aromatic rings. The first-order valence-corrected chi connectivity index (χ1v) is 5.70. The molecule has 1 amide bonds. The minimum absolute atomic E-state index is 0.0753. The lowest BCUT2D eigenvalue weighted by Crippen LogP contribution is -2.28. The number of nitrogens with zero attached hydrogens (tertiary/aromatic N) is 2. The van der Waals surface area contributed by atoms with Crippen molar-refractivity contribution in [1.82, 2.24) is 15.3 Å². The maximum absolute atomic E-state index is 12.8. The minimum atomic E-state index is -0.414. The van der Waals surface area contributed by atoms with Crippen LogP contribution in [0.5, 0.6) is 0 Å². The first kappa shape index (κ1) is 12.9. The Labute approximate surface area is 109 Å². The summed E-state index contributed by atoms with van der Waals surface area (Å²) in [5.41, 5.74) is 6.44. The topological polar surface area (TPSA) is 80.9 Å². The second-order valence-corrected chi connectivity index (χ2v) is 4.04. The number of hydrogen-bond acceptors (Lipinski definition) is 4. The van der Waals surface area contributed by atoms with E-state index in [0.717, 1.165) is 5.56 Å². The Balaban J connectivity index is 2.11. The van der Waals surface area contributed by atoms with Gasteiger partial charge in [0.2, 0.25) is 0 Å². The predicted molar refractivity (Wildman–Crippen MR) is 68.7 cm³/mol. The number of hydrogen-bond donors (Lipinski definition) is 2. The van der Waals surface area contributed by atoms with Crippen molar-refractivity contribution in [3.05, 3.63) is 53.7 Å². The number of anilines is 1. The van der Waals surface area contributed by atoms with E-state index in [-0.39, 0.29) is 23.4 Å². The Hall–Kier alpha value is -2.50. The number of aromatic nitrogens is 2. The molecule has 2 rings (SSSR count). The molecule has 6 heteroatoms. The van der Waals surface area contributed by atoms with Crippen LogP contribution in [0.25, 0.3) is 0 Å². The SMILES string of the molecule is C[C@@H](NC(=O)c1nccnc1N)c1ccc(F)cc1. The van der Waals surface area contributed by atoms with Crippen molar-refractivity contribution in [3.63, 3.8) is 0 Å². The van der Waals surface area contributed by atoms with E-state index in [0.29, 0.717) is 0 Å². The zero-order valence-corrected chi connectivity index (χ0v) is 10.3. The summed E-state index contributed by atoms with van der Waals surface area (Å²) in [6.45, 7) is 1.79. The molecule has 0 saturated heterocycles. The number of nitrogens with two attached hydrogens (primary N) is 1. The molecule has 1 heterocycles. The normalized spacial score (nSPS) is 11.9. The first-order chi connectivity index (χ1) is 9.08. The molecule has 0 aliphatic rings. The molecule has 0 fully saturated rings. The molecule has 0 aliphatic heterocycles. The van der Waals surface area contributed by atoms with E-state index in [1.807, 2.05) is 0 Å². The zero-order valence-electron chi connectivity index (χ0n) is 10.3. The fraction of sp³-hybridized carbons (Fsp3) is 0.154. The van der Waals surface area contributed by atoms with Gasteiger partial charge in [0.05, 0.1) is 6.04 Å². The lowest BCUT2D eigenvalue weighted by atomic mass is 10.1. The maximum atomic E-state index is 12.8. The van der Waals surface area contributed by atoms with Crippen LogP contribution in [0.1, 0.15) is 29.0 Å². The van der Waals surface area contributed by atoms with Crippen molar-refractivity contribution < 1.29 is 9.18 Å². The first-order valence-electron chi connectivity index (χ1n) is 5.70. The summed E-state index contributed by atoms with van der Waals surface area (Å²) in [4.78, 5) is 19.6. The third kappa shape index (κ3) is 3.04. The summed E-state index contributed by atoms with van der Waals surface area (Å²) in [5, 5.41) is 2.73. The molecule has 5 nitrogen and oxygen atoms in total. The molecule has 19 heavy (non-hydrogen) atoms. The number of nitrogens with one attached hydrogen (secondary N) is 1. The van der Waals surface area contributed by atoms with Crippen LogP contribution < -0.4 is 11.1 Å². The van der Waals surface area contributed by atoms with Crippen LogP contribution in [0.3, 0.4) is 0 Å². The number of halogens is 1. The number of amides is 1. The summed E-state index contributed by atoms with van der Waals surface area (Å²) in [6, 6.07) is 5.62. The van der Waals surface area contributed by atoms with Gasteiger partial charge in [-0.3, -0.25) is 4.79 Å². The number of carbonyl (C=O) groups is 1. The Bertz CT molecular complexity index is 585. The summed E-state index contributed by atoms with van der Waals surface area (Å²) in [7, 11) is 0. The molecule has 0 radical (unpaired) electrons. The standard InChI is InChI=1S/C13H13FN4O/c1-8(9-2-4-10(14)5-3-9)18-13(19)11-12(15)17-7-6-16-11/h2-8H,1H3,(H2,15,17)(H,18,19)/t8-/m1/s1. The Morgan fingerprint density at radius 2 is 1.89 bits per heavy atom. The monoisotopic (exact) mass is 260 g/mol. The minimum Gasteiger partial charge on any atom is -0.382 e. The van der Waals surface area contributed by atoms with Crippen LogP contribution in [0.15, 0.2) is 36.7 Å². The maximum Gasteiger partial charge on any atom is 0.274 e. The molecular formula is C13H13FN4O. The van der Waals surface area contributed by atoms with Crippen molar-refractivity contribution in [1.29, 1.82) is 0 Å². The highest BCUT2D eigenvalue weighted by atomic mass is 19.1. The van der Waals surface area contributed by atoms with Crippen LogP contribution in [0, 0.1) is 5.82 Å². The van der Waals surface area contributed by atoms with E-state index in [1.54, 1.807) is 19.1 Å². The van der Waals surface area contributed by atoms with Gasteiger partial charge in [0, 0.05) is 12.4 Å². The van der Waals surface area contributed by atoms with E-state index in [9.17, 15) is 9.18 Å². The number of benzene rings is 1. The second kappa shape index (κ2) is 5.43. The lowest BCUT2D eigenvalue weighted by molar-refractivity contribution is 0.0935. The Morgan fingerprint density at radius 3 is 2.53 bits per heavy atom. The van der Waals surface area contributed by atoms with Gasteiger partial charge in [-0.1, -0.05) is 12.1 Å². The highest BCUT2D eigenvalue weighted by Crippen LogP contribution is 2.14. The van der Waals surface area contributed by atoms with Crippen molar-refractivity contribution in [2.45, 2.75) is 13.0 Å². The van der Waals surface area contributed by atoms with Gasteiger partial charge in [-0.25, -0.2) is 14.4 Å². The largest absolute Gasteiger partial charge is 0.382 e. The third-order valence-corrected chi connectivity index (χ3v) is 2.66. The summed E-state index contributed by atoms with van der Waals surface area (Å²) in [6.07, 6.45) is 2.81. The van der Waals surface area contributed by atoms with Crippen LogP contribution >= 0.6 is 0 Å². The molecule has 0 saturated carbocycles. The average molecular weight is 260 g/mol. The molecule has 1 atom stereocenters. The molecule has 0 aliphatic carbocycles. The Kier molecular flexibility index (Phi) is 3.70. The summed E-state index contributed by atoms with van der Waals surface area (Å²) in [5.74, 6) is -0.658. The molecule has 0 unspecified atom stereocenters. The average Bonchev–Trinajstić information content (AvgIpc) is 2.39. The van der Waals surface area contributed by atoms with Gasteiger partial charge < -0.3 is 11.1 Å². The highest BCUT2D eigenvalue weighted by Gasteiger charge is 2.15. The van der Waals surface area contributed by atoms with Crippen LogP contribution in [-0.2, 0) is 0 Å². The zero-order chi connectivity index (χ0) is 13.8. The number of nitrogen functional groups attached to an aromatic ring is 1. The third-order valence-electron chi connectivity index (χ3n) is 2.66. The van der Waals surface area contributed by atoms with Gasteiger partial charge in [-0.15, -0.1) is 0 Å². The molecular weight excluding hydrogens is 247 g/mol. The number of rotatable bonds is 3. The van der Waals surface area contributed by atoms with Crippen molar-refractivity contribution >= 4 is 11.7 Å². The van der Waals surface area contributed by atoms with E-state index in [2.05, 4.69) is 15.3 Å². The fourth-order valence-electron chi connectivity index (χ4n) is 1.62. The van der Waals surface area contributed by atoms with E-state index < -0.39 is 5.91 Å². The van der Waals surface area contributed by atoms with Crippen molar-refractivity contribution in [2.75, 3.05) is 5.73 Å². The molecule has 3 N–H and O–H groups in total. The van der Waals surface area contributed by atoms with Crippen molar-refractivity contribution in [3.8, 4) is 0 Å². The van der Waals surface area contributed by atoms with Gasteiger partial charge in [-0.05, 0) is 24.6 Å². The van der Waals surface area contributed by atoms with Gasteiger partial charge >= 0.3 is 0 Å². The smallest absolute Gasteiger partial charge is 0.274 e. The van der Waals surface area contributed by atoms with Crippen molar-refractivity contribution in [2.24, 2.45) is 0 Å². The van der Waals surface area contributed by atoms with E-state index in [4.69, 9.17) is 5.73 Å². The van der Waals surface area contributed by atoms with Crippen LogP contribution in [0.4, 0.5) is 10.2 Å². The van der Waals surface area contributed by atoms with E-state index in [1.165, 1.54) is 24.5 Å². The predicted octanol–water partition coefficient (Wildman–Crippen LogP) is 1.69. The molecule has 1 aromatic heterocycles. The fourth-order valence-corrected chi connectivity index (χ4v) is 1.62. The van der Waals surface area contributed by atoms with Crippen LogP contribution in [-0.4, -0.2) is 15.9 Å². The summed E-state index contributed by atoms with van der Waals surface area (Å²) < 4.78 is 12.8. The van der Waals surface area contributed by atoms with Gasteiger partial charge in [-0.2, -0.15) is 0 Å². The molecule has 0 spiro atoms. The van der Waals surface area contributed by atoms with Gasteiger partial charge in [0.1, 0.15) is 5.82 Å². The Morgan fingerprint density at radius 1 is 1.26 bits per heavy atom. The van der Waals surface area contributed by atoms with Crippen LogP contribution in [0.2, 0.25) is 0 Å². The number of carbonyl (C=O) groups excluding carboxylic acids is 1. The van der Waals surface area contributed by atoms with Gasteiger partial charge in [0.25, 0.3) is 5.91 Å². The summed E-state index contributed by atoms with van der Waals surface area (Å²) >= 11 is 0. The lowest BCUT2D eigenvalue weighted by Gasteiger charge is -2.14. The molecule has 98 valence electrons.